The Balaban J connectivity index is 2.17. The lowest BCUT2D eigenvalue weighted by atomic mass is 10.1. The minimum absolute atomic E-state index is 0.504. The van der Waals surface area contributed by atoms with Gasteiger partial charge < -0.3 is 10.6 Å². The third kappa shape index (κ3) is 6.06. The third-order valence-electron chi connectivity index (χ3n) is 2.72. The molecule has 1 aromatic rings. The second-order valence-electron chi connectivity index (χ2n) is 4.40. The first-order valence-corrected chi connectivity index (χ1v) is 6.79. The number of rotatable bonds is 8. The Morgan fingerprint density at radius 2 is 2.00 bits per heavy atom. The number of benzene rings is 1. The highest BCUT2D eigenvalue weighted by Gasteiger charge is 2.02. The highest BCUT2D eigenvalue weighted by atomic mass is 35.5. The maximum atomic E-state index is 6.10. The fourth-order valence-electron chi connectivity index (χ4n) is 1.72. The van der Waals surface area contributed by atoms with Crippen LogP contribution in [0.5, 0.6) is 0 Å². The summed E-state index contributed by atoms with van der Waals surface area (Å²) < 4.78 is 0. The summed E-state index contributed by atoms with van der Waals surface area (Å²) in [6.07, 6.45) is 2.17. The predicted octanol–water partition coefficient (Wildman–Crippen LogP) is 2.86. The Bertz CT molecular complexity index is 315. The highest BCUT2D eigenvalue weighted by molar-refractivity contribution is 6.31. The Hall–Kier alpha value is -0.570. The first-order valence-electron chi connectivity index (χ1n) is 6.41. The molecule has 2 nitrogen and oxygen atoms in total. The topological polar surface area (TPSA) is 24.1 Å². The van der Waals surface area contributed by atoms with Crippen molar-refractivity contribution in [1.29, 1.82) is 0 Å². The summed E-state index contributed by atoms with van der Waals surface area (Å²) in [6.45, 7) is 7.48. The van der Waals surface area contributed by atoms with E-state index in [4.69, 9.17) is 11.6 Å². The molecule has 1 rings (SSSR count). The molecule has 0 spiro atoms. The van der Waals surface area contributed by atoms with Crippen LogP contribution in [-0.2, 0) is 6.42 Å². The van der Waals surface area contributed by atoms with Crippen LogP contribution in [0.3, 0.4) is 0 Å². The van der Waals surface area contributed by atoms with Crippen molar-refractivity contribution in [3.05, 3.63) is 34.9 Å². The van der Waals surface area contributed by atoms with Gasteiger partial charge in [-0.15, -0.1) is 0 Å². The molecule has 0 radical (unpaired) electrons. The molecular formula is C14H23ClN2. The number of halogens is 1. The van der Waals surface area contributed by atoms with Gasteiger partial charge in [-0.2, -0.15) is 0 Å². The average molecular weight is 255 g/mol. The zero-order valence-electron chi connectivity index (χ0n) is 10.8. The van der Waals surface area contributed by atoms with E-state index < -0.39 is 0 Å². The number of hydrogen-bond donors (Lipinski definition) is 2. The molecule has 1 aromatic carbocycles. The van der Waals surface area contributed by atoms with E-state index in [0.29, 0.717) is 6.04 Å². The van der Waals surface area contributed by atoms with Crippen molar-refractivity contribution in [2.24, 2.45) is 0 Å². The van der Waals surface area contributed by atoms with Crippen LogP contribution < -0.4 is 10.6 Å². The van der Waals surface area contributed by atoms with E-state index in [-0.39, 0.29) is 0 Å². The van der Waals surface area contributed by atoms with Crippen LogP contribution in [0.25, 0.3) is 0 Å². The van der Waals surface area contributed by atoms with Crippen LogP contribution in [0.1, 0.15) is 25.8 Å². The lowest BCUT2D eigenvalue weighted by Crippen LogP contribution is -2.37. The van der Waals surface area contributed by atoms with Gasteiger partial charge >= 0.3 is 0 Å². The monoisotopic (exact) mass is 254 g/mol. The Labute approximate surface area is 110 Å². The molecule has 0 amide bonds. The summed E-state index contributed by atoms with van der Waals surface area (Å²) in [4.78, 5) is 0. The minimum Gasteiger partial charge on any atom is -0.315 e. The normalized spacial score (nSPS) is 12.6. The van der Waals surface area contributed by atoms with Crippen molar-refractivity contribution in [1.82, 2.24) is 10.6 Å². The smallest absolute Gasteiger partial charge is 0.0438 e. The van der Waals surface area contributed by atoms with E-state index in [0.717, 1.165) is 31.1 Å². The van der Waals surface area contributed by atoms with Crippen LogP contribution in [0.15, 0.2) is 24.3 Å². The van der Waals surface area contributed by atoms with E-state index in [1.807, 2.05) is 18.2 Å². The molecule has 0 saturated heterocycles. The van der Waals surface area contributed by atoms with Gasteiger partial charge in [0.25, 0.3) is 0 Å². The SMILES string of the molecule is CCCNCC(C)NCCc1ccccc1Cl. The molecule has 0 fully saturated rings. The molecule has 0 heterocycles. The van der Waals surface area contributed by atoms with Gasteiger partial charge in [0.1, 0.15) is 0 Å². The van der Waals surface area contributed by atoms with E-state index in [1.54, 1.807) is 0 Å². The molecule has 0 aliphatic carbocycles. The van der Waals surface area contributed by atoms with Crippen molar-refractivity contribution < 1.29 is 0 Å². The summed E-state index contributed by atoms with van der Waals surface area (Å²) >= 11 is 6.10. The van der Waals surface area contributed by atoms with E-state index in [1.165, 1.54) is 12.0 Å². The van der Waals surface area contributed by atoms with Crippen LogP contribution in [0.4, 0.5) is 0 Å². The summed E-state index contributed by atoms with van der Waals surface area (Å²) in [5, 5.41) is 7.77. The van der Waals surface area contributed by atoms with Crippen LogP contribution in [0, 0.1) is 0 Å². The lowest BCUT2D eigenvalue weighted by molar-refractivity contribution is 0.504. The van der Waals surface area contributed by atoms with Gasteiger partial charge in [0, 0.05) is 17.6 Å². The van der Waals surface area contributed by atoms with E-state index in [2.05, 4.69) is 30.5 Å². The first kappa shape index (κ1) is 14.5. The van der Waals surface area contributed by atoms with E-state index in [9.17, 15) is 0 Å². The summed E-state index contributed by atoms with van der Waals surface area (Å²) in [5.74, 6) is 0. The molecule has 0 saturated carbocycles. The fraction of sp³-hybridized carbons (Fsp3) is 0.571. The summed E-state index contributed by atoms with van der Waals surface area (Å²) in [5.41, 5.74) is 1.22. The van der Waals surface area contributed by atoms with Gasteiger partial charge in [0.2, 0.25) is 0 Å². The second kappa shape index (κ2) is 8.51. The molecule has 17 heavy (non-hydrogen) atoms. The van der Waals surface area contributed by atoms with Gasteiger partial charge in [-0.25, -0.2) is 0 Å². The quantitative estimate of drug-likeness (QED) is 0.697. The molecule has 96 valence electrons. The van der Waals surface area contributed by atoms with Crippen molar-refractivity contribution in [3.63, 3.8) is 0 Å². The first-order chi connectivity index (χ1) is 8.24. The largest absolute Gasteiger partial charge is 0.315 e. The maximum Gasteiger partial charge on any atom is 0.0438 e. The molecule has 0 aromatic heterocycles. The second-order valence-corrected chi connectivity index (χ2v) is 4.81. The van der Waals surface area contributed by atoms with Gasteiger partial charge in [-0.3, -0.25) is 0 Å². The number of hydrogen-bond acceptors (Lipinski definition) is 2. The molecule has 1 unspecified atom stereocenters. The van der Waals surface area contributed by atoms with Gasteiger partial charge in [-0.1, -0.05) is 36.7 Å². The van der Waals surface area contributed by atoms with Gasteiger partial charge in [0.05, 0.1) is 0 Å². The Morgan fingerprint density at radius 3 is 2.71 bits per heavy atom. The maximum absolute atomic E-state index is 6.10. The van der Waals surface area contributed by atoms with Gasteiger partial charge in [-0.05, 0) is 44.5 Å². The van der Waals surface area contributed by atoms with E-state index >= 15 is 0 Å². The molecule has 2 N–H and O–H groups in total. The summed E-state index contributed by atoms with van der Waals surface area (Å²) in [6, 6.07) is 8.54. The third-order valence-corrected chi connectivity index (χ3v) is 3.09. The van der Waals surface area contributed by atoms with Crippen molar-refractivity contribution in [3.8, 4) is 0 Å². The van der Waals surface area contributed by atoms with Crippen LogP contribution >= 0.6 is 11.6 Å². The zero-order valence-corrected chi connectivity index (χ0v) is 11.6. The molecular weight excluding hydrogens is 232 g/mol. The molecule has 1 atom stereocenters. The molecule has 3 heteroatoms. The number of nitrogens with one attached hydrogen (secondary N) is 2. The fourth-order valence-corrected chi connectivity index (χ4v) is 1.95. The predicted molar refractivity (Wildman–Crippen MR) is 75.8 cm³/mol. The minimum atomic E-state index is 0.504. The molecule has 0 bridgehead atoms. The lowest BCUT2D eigenvalue weighted by Gasteiger charge is -2.14. The average Bonchev–Trinajstić information content (AvgIpc) is 2.32. The van der Waals surface area contributed by atoms with Crippen molar-refractivity contribution in [2.45, 2.75) is 32.7 Å². The van der Waals surface area contributed by atoms with Crippen LogP contribution in [-0.4, -0.2) is 25.7 Å². The Morgan fingerprint density at radius 1 is 1.24 bits per heavy atom. The zero-order chi connectivity index (χ0) is 12.5. The Kier molecular flexibility index (Phi) is 7.25. The summed E-state index contributed by atoms with van der Waals surface area (Å²) in [7, 11) is 0. The van der Waals surface area contributed by atoms with Crippen molar-refractivity contribution >= 4 is 11.6 Å². The standard InChI is InChI=1S/C14H23ClN2/c1-3-9-16-11-12(2)17-10-8-13-6-4-5-7-14(13)15/h4-7,12,16-17H,3,8-11H2,1-2H3. The van der Waals surface area contributed by atoms with Crippen molar-refractivity contribution in [2.75, 3.05) is 19.6 Å². The molecule has 0 aliphatic heterocycles. The van der Waals surface area contributed by atoms with Crippen LogP contribution in [0.2, 0.25) is 5.02 Å². The highest BCUT2D eigenvalue weighted by Crippen LogP contribution is 2.14. The molecule has 0 aliphatic rings. The van der Waals surface area contributed by atoms with Gasteiger partial charge in [0.15, 0.2) is 0 Å².